The van der Waals surface area contributed by atoms with Gasteiger partial charge in [-0.05, 0) is 11.6 Å². The average Bonchev–Trinajstić information content (AvgIpc) is 2.13. The molecule has 0 unspecified atom stereocenters. The Morgan fingerprint density at radius 3 is 2.25 bits per heavy atom. The zero-order valence-corrected chi connectivity index (χ0v) is 5.34. The van der Waals surface area contributed by atoms with Gasteiger partial charge in [-0.15, -0.1) is 0 Å². The molecule has 4 heteroatoms. The summed E-state index contributed by atoms with van der Waals surface area (Å²) in [5, 5.41) is -2.50. The molecule has 0 amide bonds. The van der Waals surface area contributed by atoms with E-state index < -0.39 is 16.3 Å². The van der Waals surface area contributed by atoms with E-state index in [0.29, 0.717) is 0 Å². The van der Waals surface area contributed by atoms with Crippen molar-refractivity contribution in [2.24, 2.45) is 5.92 Å². The van der Waals surface area contributed by atoms with Gasteiger partial charge >= 0.3 is 0 Å². The van der Waals surface area contributed by atoms with Gasteiger partial charge in [0.15, 0.2) is 5.13 Å². The van der Waals surface area contributed by atoms with Crippen LogP contribution in [0.2, 0.25) is 0 Å². The summed E-state index contributed by atoms with van der Waals surface area (Å²) in [4.78, 5) is 10.1. The summed E-state index contributed by atoms with van der Waals surface area (Å²) in [5.41, 5.74) is 0. The summed E-state index contributed by atoms with van der Waals surface area (Å²) < 4.78 is 12.2. The van der Waals surface area contributed by atoms with E-state index in [9.17, 15) is 9.18 Å². The third-order valence-corrected chi connectivity index (χ3v) is 1.78. The molecule has 1 fully saturated rings. The third-order valence-electron chi connectivity index (χ3n) is 1.10. The normalized spacial score (nSPS) is 44.1. The molecular weight excluding hydrogens is 154 g/mol. The number of halogens is 3. The minimum Gasteiger partial charge on any atom is -0.281 e. The number of hydrogen-bond donors (Lipinski definition) is 0. The van der Waals surface area contributed by atoms with Crippen LogP contribution in [0.25, 0.3) is 0 Å². The van der Waals surface area contributed by atoms with Crippen molar-refractivity contribution in [2.75, 3.05) is 0 Å². The van der Waals surface area contributed by atoms with Crippen LogP contribution in [0.15, 0.2) is 0 Å². The molecule has 0 saturated heterocycles. The minimum absolute atomic E-state index is 0.0664. The molecule has 0 aromatic carbocycles. The van der Waals surface area contributed by atoms with Gasteiger partial charge in [-0.2, -0.15) is 0 Å². The van der Waals surface area contributed by atoms with Crippen LogP contribution in [-0.4, -0.2) is 10.4 Å². The quantitative estimate of drug-likeness (QED) is 0.418. The van der Waals surface area contributed by atoms with Crippen molar-refractivity contribution in [3.63, 3.8) is 0 Å². The highest BCUT2D eigenvalue weighted by Gasteiger charge is 2.58. The molecule has 0 aromatic rings. The van der Waals surface area contributed by atoms with Crippen molar-refractivity contribution in [3.8, 4) is 0 Å². The van der Waals surface area contributed by atoms with Gasteiger partial charge in [0.25, 0.3) is 0 Å². The van der Waals surface area contributed by atoms with E-state index in [0.717, 1.165) is 0 Å². The van der Waals surface area contributed by atoms with Crippen LogP contribution in [0.4, 0.5) is 4.39 Å². The summed E-state index contributed by atoms with van der Waals surface area (Å²) in [5.74, 6) is -0.758. The molecule has 8 heavy (non-hydrogen) atoms. The van der Waals surface area contributed by atoms with Crippen molar-refractivity contribution in [1.82, 2.24) is 0 Å². The van der Waals surface area contributed by atoms with Gasteiger partial charge in [0.1, 0.15) is 0 Å². The van der Waals surface area contributed by atoms with E-state index in [1.54, 1.807) is 0 Å². The van der Waals surface area contributed by atoms with Crippen molar-refractivity contribution in [1.29, 1.82) is 0 Å². The van der Waals surface area contributed by atoms with E-state index in [2.05, 4.69) is 0 Å². The van der Waals surface area contributed by atoms with Crippen molar-refractivity contribution < 1.29 is 9.18 Å². The third kappa shape index (κ3) is 0.955. The van der Waals surface area contributed by atoms with Gasteiger partial charge in [0.2, 0.25) is 5.24 Å². The fraction of sp³-hybridized carbons (Fsp3) is 0.750. The van der Waals surface area contributed by atoms with E-state index >= 15 is 0 Å². The Morgan fingerprint density at radius 1 is 1.88 bits per heavy atom. The smallest absolute Gasteiger partial charge is 0.229 e. The molecule has 2 atom stereocenters. The molecule has 1 rings (SSSR count). The van der Waals surface area contributed by atoms with E-state index in [-0.39, 0.29) is 6.42 Å². The first-order valence-corrected chi connectivity index (χ1v) is 2.87. The average molecular weight is 157 g/mol. The maximum absolute atomic E-state index is 12.2. The molecule has 1 aliphatic rings. The Balaban J connectivity index is 2.48. The summed E-state index contributed by atoms with van der Waals surface area (Å²) in [6, 6.07) is 0. The molecule has 0 bridgehead atoms. The number of carbonyl (C=O) groups is 1. The molecule has 0 radical (unpaired) electrons. The standard InChI is InChI=1S/C4H3Cl2FO/c5-3(8)2-1-4(2,6)7/h2H,1H2/t2-,4-/m0/s1. The number of carbonyl (C=O) groups excluding carboxylic acids is 1. The van der Waals surface area contributed by atoms with Gasteiger partial charge in [-0.25, -0.2) is 4.39 Å². The zero-order chi connectivity index (χ0) is 6.36. The topological polar surface area (TPSA) is 17.1 Å². The van der Waals surface area contributed by atoms with Crippen LogP contribution in [-0.2, 0) is 4.79 Å². The fourth-order valence-electron chi connectivity index (χ4n) is 0.459. The largest absolute Gasteiger partial charge is 0.281 e. The monoisotopic (exact) mass is 156 g/mol. The van der Waals surface area contributed by atoms with E-state index in [1.165, 1.54) is 0 Å². The maximum atomic E-state index is 12.2. The van der Waals surface area contributed by atoms with Gasteiger partial charge in [-0.1, -0.05) is 11.6 Å². The second-order valence-electron chi connectivity index (χ2n) is 1.82. The SMILES string of the molecule is O=C(Cl)[C@@H]1C[C@@]1(F)Cl. The Hall–Kier alpha value is 0.180. The highest BCUT2D eigenvalue weighted by atomic mass is 35.5. The Kier molecular flexibility index (Phi) is 1.24. The highest BCUT2D eigenvalue weighted by Crippen LogP contribution is 2.51. The number of rotatable bonds is 1. The zero-order valence-electron chi connectivity index (χ0n) is 3.83. The van der Waals surface area contributed by atoms with E-state index in [1.807, 2.05) is 0 Å². The summed E-state index contributed by atoms with van der Waals surface area (Å²) >= 11 is 9.93. The maximum Gasteiger partial charge on any atom is 0.229 e. The molecule has 0 aromatic heterocycles. The molecular formula is C4H3Cl2FO. The van der Waals surface area contributed by atoms with E-state index in [4.69, 9.17) is 23.2 Å². The van der Waals surface area contributed by atoms with Crippen LogP contribution in [0.1, 0.15) is 6.42 Å². The molecule has 0 aliphatic heterocycles. The van der Waals surface area contributed by atoms with Gasteiger partial charge in [0, 0.05) is 6.42 Å². The summed E-state index contributed by atoms with van der Waals surface area (Å²) in [7, 11) is 0. The predicted octanol–water partition coefficient (Wildman–Crippen LogP) is 1.68. The molecule has 0 N–H and O–H groups in total. The first-order chi connectivity index (χ1) is 3.54. The molecule has 1 nitrogen and oxygen atoms in total. The van der Waals surface area contributed by atoms with Crippen LogP contribution < -0.4 is 0 Å². The predicted molar refractivity (Wildman–Crippen MR) is 28.7 cm³/mol. The van der Waals surface area contributed by atoms with Crippen molar-refractivity contribution in [2.45, 2.75) is 11.5 Å². The number of hydrogen-bond acceptors (Lipinski definition) is 1. The first kappa shape index (κ1) is 6.30. The van der Waals surface area contributed by atoms with Crippen LogP contribution in [0.3, 0.4) is 0 Å². The molecule has 0 spiro atoms. The number of alkyl halides is 2. The lowest BCUT2D eigenvalue weighted by Gasteiger charge is -1.87. The lowest BCUT2D eigenvalue weighted by molar-refractivity contribution is -0.113. The second-order valence-corrected chi connectivity index (χ2v) is 2.82. The van der Waals surface area contributed by atoms with Crippen LogP contribution in [0.5, 0.6) is 0 Å². The Bertz CT molecular complexity index is 134. The second kappa shape index (κ2) is 1.58. The van der Waals surface area contributed by atoms with Gasteiger partial charge in [0.05, 0.1) is 5.92 Å². The highest BCUT2D eigenvalue weighted by molar-refractivity contribution is 6.65. The lowest BCUT2D eigenvalue weighted by atomic mass is 10.5. The summed E-state index contributed by atoms with van der Waals surface area (Å²) in [6.45, 7) is 0. The van der Waals surface area contributed by atoms with Crippen molar-refractivity contribution in [3.05, 3.63) is 0 Å². The Morgan fingerprint density at radius 2 is 2.25 bits per heavy atom. The molecule has 0 heterocycles. The molecule has 1 saturated carbocycles. The minimum atomic E-state index is -1.82. The van der Waals surface area contributed by atoms with Gasteiger partial charge in [-0.3, -0.25) is 4.79 Å². The van der Waals surface area contributed by atoms with Crippen LogP contribution >= 0.6 is 23.2 Å². The van der Waals surface area contributed by atoms with Gasteiger partial charge < -0.3 is 0 Å². The molecule has 46 valence electrons. The summed E-state index contributed by atoms with van der Waals surface area (Å²) in [6.07, 6.45) is 0.0664. The van der Waals surface area contributed by atoms with Crippen LogP contribution in [0, 0.1) is 5.92 Å². The lowest BCUT2D eigenvalue weighted by Crippen LogP contribution is -1.98. The Labute approximate surface area is 55.8 Å². The fourth-order valence-corrected chi connectivity index (χ4v) is 1.02. The first-order valence-electron chi connectivity index (χ1n) is 2.11. The van der Waals surface area contributed by atoms with Crippen molar-refractivity contribution >= 4 is 28.4 Å². The molecule has 1 aliphatic carbocycles.